The Morgan fingerprint density at radius 3 is 2.60 bits per heavy atom. The van der Waals surface area contributed by atoms with Crippen LogP contribution < -0.4 is 9.47 Å². The lowest BCUT2D eigenvalue weighted by Crippen LogP contribution is -2.39. The molecule has 0 aliphatic carbocycles. The minimum Gasteiger partial charge on any atom is -0.491 e. The molecule has 1 amide bonds. The van der Waals surface area contributed by atoms with E-state index in [4.69, 9.17) is 26.2 Å². The van der Waals surface area contributed by atoms with Crippen LogP contribution in [0.3, 0.4) is 0 Å². The van der Waals surface area contributed by atoms with Crippen molar-refractivity contribution in [3.8, 4) is 11.5 Å². The Hall–Kier alpha value is -2.21. The van der Waals surface area contributed by atoms with Gasteiger partial charge < -0.3 is 19.5 Å². The van der Waals surface area contributed by atoms with Crippen molar-refractivity contribution in [2.24, 2.45) is 5.92 Å². The predicted molar refractivity (Wildman–Crippen MR) is 95.1 cm³/mol. The Balaban J connectivity index is 2.06. The van der Waals surface area contributed by atoms with Crippen molar-refractivity contribution in [1.29, 1.82) is 0 Å². The molecule has 0 radical (unpaired) electrons. The van der Waals surface area contributed by atoms with E-state index in [0.717, 1.165) is 5.56 Å². The minimum atomic E-state index is -0.793. The molecule has 136 valence electrons. The van der Waals surface area contributed by atoms with Gasteiger partial charge in [0, 0.05) is 19.2 Å². The molecule has 0 aromatic heterocycles. The standard InChI is InChI=1S/C18H22ClNO5/c1-3-25-15-11-12(10-14(19)17(15)24-2)4-5-16(21)20-8-6-13(7-9-20)18(22)23/h4-5,10-11,13H,3,6-9H2,1-2H3,(H,22,23)/b5-4+. The second-order valence-corrected chi connectivity index (χ2v) is 6.15. The van der Waals surface area contributed by atoms with Gasteiger partial charge in [-0.3, -0.25) is 9.59 Å². The first kappa shape index (κ1) is 19.1. The molecule has 0 atom stereocenters. The summed E-state index contributed by atoms with van der Waals surface area (Å²) in [6, 6.07) is 3.46. The Morgan fingerprint density at radius 1 is 1.36 bits per heavy atom. The van der Waals surface area contributed by atoms with E-state index in [0.29, 0.717) is 49.1 Å². The predicted octanol–water partition coefficient (Wildman–Crippen LogP) is 3.08. The van der Waals surface area contributed by atoms with Crippen molar-refractivity contribution in [3.05, 3.63) is 28.8 Å². The number of rotatable bonds is 6. The van der Waals surface area contributed by atoms with Crippen LogP contribution in [0.15, 0.2) is 18.2 Å². The zero-order valence-electron chi connectivity index (χ0n) is 14.3. The summed E-state index contributed by atoms with van der Waals surface area (Å²) in [6.07, 6.45) is 4.10. The van der Waals surface area contributed by atoms with Crippen molar-refractivity contribution in [2.75, 3.05) is 26.8 Å². The summed E-state index contributed by atoms with van der Waals surface area (Å²) >= 11 is 6.19. The number of nitrogens with zero attached hydrogens (tertiary/aromatic N) is 1. The molecule has 1 aliphatic rings. The van der Waals surface area contributed by atoms with Crippen LogP contribution >= 0.6 is 11.6 Å². The van der Waals surface area contributed by atoms with Crippen molar-refractivity contribution in [1.82, 2.24) is 4.90 Å². The average molecular weight is 368 g/mol. The van der Waals surface area contributed by atoms with Gasteiger partial charge in [-0.05, 0) is 43.5 Å². The third kappa shape index (κ3) is 4.89. The molecule has 0 spiro atoms. The fraction of sp³-hybridized carbons (Fsp3) is 0.444. The van der Waals surface area contributed by atoms with Gasteiger partial charge in [0.25, 0.3) is 0 Å². The Bertz CT molecular complexity index is 666. The number of carboxylic acid groups (broad SMARTS) is 1. The van der Waals surface area contributed by atoms with Crippen LogP contribution in [0.5, 0.6) is 11.5 Å². The number of carbonyl (C=O) groups excluding carboxylic acids is 1. The number of methoxy groups -OCH3 is 1. The summed E-state index contributed by atoms with van der Waals surface area (Å²) in [5.74, 6) is -0.315. The van der Waals surface area contributed by atoms with Gasteiger partial charge in [0.2, 0.25) is 5.91 Å². The number of ether oxygens (including phenoxy) is 2. The molecule has 0 saturated carbocycles. The van der Waals surface area contributed by atoms with Gasteiger partial charge in [-0.25, -0.2) is 0 Å². The van der Waals surface area contributed by atoms with Crippen LogP contribution in [0.2, 0.25) is 5.02 Å². The SMILES string of the molecule is CCOc1cc(/C=C/C(=O)N2CCC(C(=O)O)CC2)cc(Cl)c1OC. The third-order valence-electron chi connectivity index (χ3n) is 4.11. The highest BCUT2D eigenvalue weighted by atomic mass is 35.5. The van der Waals surface area contributed by atoms with Gasteiger partial charge in [0.1, 0.15) is 0 Å². The van der Waals surface area contributed by atoms with E-state index in [-0.39, 0.29) is 11.8 Å². The lowest BCUT2D eigenvalue weighted by atomic mass is 9.97. The highest BCUT2D eigenvalue weighted by Gasteiger charge is 2.26. The molecule has 1 N–H and O–H groups in total. The van der Waals surface area contributed by atoms with Gasteiger partial charge in [0.15, 0.2) is 11.5 Å². The number of aliphatic carboxylic acids is 1. The fourth-order valence-corrected chi connectivity index (χ4v) is 3.06. The van der Waals surface area contributed by atoms with E-state index in [1.54, 1.807) is 23.1 Å². The van der Waals surface area contributed by atoms with Crippen molar-refractivity contribution in [3.63, 3.8) is 0 Å². The summed E-state index contributed by atoms with van der Waals surface area (Å²) in [4.78, 5) is 24.9. The molecule has 1 saturated heterocycles. The first-order valence-electron chi connectivity index (χ1n) is 8.16. The lowest BCUT2D eigenvalue weighted by molar-refractivity contribution is -0.144. The van der Waals surface area contributed by atoms with Crippen molar-refractivity contribution in [2.45, 2.75) is 19.8 Å². The summed E-state index contributed by atoms with van der Waals surface area (Å²) in [5, 5.41) is 9.41. The second-order valence-electron chi connectivity index (χ2n) is 5.74. The van der Waals surface area contributed by atoms with E-state index in [9.17, 15) is 9.59 Å². The smallest absolute Gasteiger partial charge is 0.306 e. The first-order valence-corrected chi connectivity index (χ1v) is 8.54. The zero-order valence-corrected chi connectivity index (χ0v) is 15.1. The number of amides is 1. The van der Waals surface area contributed by atoms with Gasteiger partial charge in [-0.2, -0.15) is 0 Å². The molecule has 0 unspecified atom stereocenters. The maximum atomic E-state index is 12.3. The number of halogens is 1. The van der Waals surface area contributed by atoms with Crippen LogP contribution in [0.1, 0.15) is 25.3 Å². The number of carboxylic acids is 1. The molecule has 2 rings (SSSR count). The minimum absolute atomic E-state index is 0.145. The van der Waals surface area contributed by atoms with Crippen LogP contribution in [0.25, 0.3) is 6.08 Å². The van der Waals surface area contributed by atoms with E-state index >= 15 is 0 Å². The van der Waals surface area contributed by atoms with Gasteiger partial charge in [-0.15, -0.1) is 0 Å². The van der Waals surface area contributed by atoms with E-state index in [1.807, 2.05) is 6.92 Å². The van der Waals surface area contributed by atoms with Crippen molar-refractivity contribution >= 4 is 29.6 Å². The molecule has 1 fully saturated rings. The fourth-order valence-electron chi connectivity index (χ4n) is 2.76. The number of hydrogen-bond donors (Lipinski definition) is 1. The van der Waals surface area contributed by atoms with E-state index < -0.39 is 5.97 Å². The second kappa shape index (κ2) is 8.76. The largest absolute Gasteiger partial charge is 0.491 e. The highest BCUT2D eigenvalue weighted by molar-refractivity contribution is 6.32. The van der Waals surface area contributed by atoms with Gasteiger partial charge in [0.05, 0.1) is 24.7 Å². The monoisotopic (exact) mass is 367 g/mol. The highest BCUT2D eigenvalue weighted by Crippen LogP contribution is 2.36. The Kier molecular flexibility index (Phi) is 6.70. The summed E-state index contributed by atoms with van der Waals surface area (Å²) in [7, 11) is 1.52. The number of piperidine rings is 1. The van der Waals surface area contributed by atoms with Crippen LogP contribution in [0, 0.1) is 5.92 Å². The summed E-state index contributed by atoms with van der Waals surface area (Å²) in [5.41, 5.74) is 0.725. The molecular formula is C18H22ClNO5. The number of likely N-dealkylation sites (tertiary alicyclic amines) is 1. The zero-order chi connectivity index (χ0) is 18.4. The van der Waals surface area contributed by atoms with E-state index in [2.05, 4.69) is 0 Å². The average Bonchev–Trinajstić information content (AvgIpc) is 2.60. The third-order valence-corrected chi connectivity index (χ3v) is 4.39. The molecule has 1 aromatic carbocycles. The van der Waals surface area contributed by atoms with Crippen LogP contribution in [-0.2, 0) is 9.59 Å². The Morgan fingerprint density at radius 2 is 2.04 bits per heavy atom. The number of benzene rings is 1. The normalized spacial score (nSPS) is 15.4. The van der Waals surface area contributed by atoms with E-state index in [1.165, 1.54) is 13.2 Å². The quantitative estimate of drug-likeness (QED) is 0.782. The van der Waals surface area contributed by atoms with Crippen LogP contribution in [-0.4, -0.2) is 48.7 Å². The molecule has 1 aliphatic heterocycles. The maximum Gasteiger partial charge on any atom is 0.306 e. The molecule has 1 heterocycles. The van der Waals surface area contributed by atoms with Crippen LogP contribution in [0.4, 0.5) is 0 Å². The van der Waals surface area contributed by atoms with Gasteiger partial charge in [-0.1, -0.05) is 11.6 Å². The van der Waals surface area contributed by atoms with Crippen molar-refractivity contribution < 1.29 is 24.2 Å². The number of hydrogen-bond acceptors (Lipinski definition) is 4. The Labute approximate surface area is 152 Å². The lowest BCUT2D eigenvalue weighted by Gasteiger charge is -2.29. The number of carbonyl (C=O) groups is 2. The molecular weight excluding hydrogens is 346 g/mol. The maximum absolute atomic E-state index is 12.3. The molecule has 0 bridgehead atoms. The molecule has 25 heavy (non-hydrogen) atoms. The summed E-state index contributed by atoms with van der Waals surface area (Å²) in [6.45, 7) is 3.23. The summed E-state index contributed by atoms with van der Waals surface area (Å²) < 4.78 is 10.7. The van der Waals surface area contributed by atoms with Gasteiger partial charge >= 0.3 is 5.97 Å². The molecule has 6 nitrogen and oxygen atoms in total. The molecule has 1 aromatic rings. The molecule has 7 heteroatoms. The first-order chi connectivity index (χ1) is 12.0. The topological polar surface area (TPSA) is 76.1 Å².